The van der Waals surface area contributed by atoms with Crippen LogP contribution in [0.15, 0.2) is 10.6 Å². The van der Waals surface area contributed by atoms with Gasteiger partial charge in [-0.1, -0.05) is 5.16 Å². The molecule has 6 rings (SSSR count). The second-order valence-electron chi connectivity index (χ2n) is 9.15. The standard InChI is InChI=1S/C22H22FN5O7/c1-10-17-22(19(30)24-21(32)25-20(22)31)9-11-8-12-14(18(29)28-4-2-3-6-34-28)26-35-16(12)13(23)15(11)27(17)5-7-33-10/h8,10,17H,2-7,9H2,1H3,(H2,24,25,30,31,32)/t10-,17+/m0/s1. The lowest BCUT2D eigenvalue weighted by Gasteiger charge is -2.54. The molecular weight excluding hydrogens is 465 g/mol. The van der Waals surface area contributed by atoms with Crippen LogP contribution in [0.1, 0.15) is 35.8 Å². The maximum atomic E-state index is 16.0. The number of hydroxylamine groups is 2. The van der Waals surface area contributed by atoms with Crippen LogP contribution in [0.2, 0.25) is 0 Å². The molecule has 2 atom stereocenters. The summed E-state index contributed by atoms with van der Waals surface area (Å²) in [6, 6.07) is -0.270. The molecule has 12 nitrogen and oxygen atoms in total. The van der Waals surface area contributed by atoms with Gasteiger partial charge in [0.1, 0.15) is 0 Å². The van der Waals surface area contributed by atoms with Gasteiger partial charge in [0.15, 0.2) is 16.9 Å². The Morgan fingerprint density at radius 1 is 1.17 bits per heavy atom. The smallest absolute Gasteiger partial charge is 0.328 e. The molecule has 0 saturated carbocycles. The molecule has 1 spiro atoms. The third-order valence-electron chi connectivity index (χ3n) is 7.21. The van der Waals surface area contributed by atoms with Gasteiger partial charge in [0, 0.05) is 19.5 Å². The lowest BCUT2D eigenvalue weighted by molar-refractivity contribution is -0.151. The summed E-state index contributed by atoms with van der Waals surface area (Å²) in [7, 11) is 0. The predicted octanol–water partition coefficient (Wildman–Crippen LogP) is 0.637. The number of nitrogens with zero attached hydrogens (tertiary/aromatic N) is 3. The lowest BCUT2D eigenvalue weighted by Crippen LogP contribution is -2.74. The fourth-order valence-corrected chi connectivity index (χ4v) is 5.69. The van der Waals surface area contributed by atoms with Crippen molar-refractivity contribution in [1.29, 1.82) is 0 Å². The van der Waals surface area contributed by atoms with Crippen LogP contribution in [-0.2, 0) is 25.6 Å². The molecule has 0 bridgehead atoms. The number of halogens is 1. The van der Waals surface area contributed by atoms with E-state index in [4.69, 9.17) is 14.1 Å². The summed E-state index contributed by atoms with van der Waals surface area (Å²) in [5.41, 5.74) is -1.60. The molecule has 3 saturated heterocycles. The monoisotopic (exact) mass is 487 g/mol. The van der Waals surface area contributed by atoms with E-state index in [0.717, 1.165) is 12.8 Å². The van der Waals surface area contributed by atoms with Gasteiger partial charge in [-0.15, -0.1) is 0 Å². The van der Waals surface area contributed by atoms with E-state index in [1.54, 1.807) is 11.8 Å². The second kappa shape index (κ2) is 7.71. The van der Waals surface area contributed by atoms with Gasteiger partial charge in [-0.25, -0.2) is 14.2 Å². The van der Waals surface area contributed by atoms with Crippen molar-refractivity contribution in [2.45, 2.75) is 38.3 Å². The molecule has 0 unspecified atom stereocenters. The van der Waals surface area contributed by atoms with Crippen molar-refractivity contribution in [3.63, 3.8) is 0 Å². The van der Waals surface area contributed by atoms with E-state index in [1.165, 1.54) is 11.1 Å². The molecule has 3 fully saturated rings. The Morgan fingerprint density at radius 2 is 1.94 bits per heavy atom. The molecule has 184 valence electrons. The Morgan fingerprint density at radius 3 is 2.66 bits per heavy atom. The molecule has 1 aromatic carbocycles. The van der Waals surface area contributed by atoms with Crippen LogP contribution in [0.25, 0.3) is 11.0 Å². The molecule has 4 aliphatic heterocycles. The highest BCUT2D eigenvalue weighted by Crippen LogP contribution is 2.48. The maximum absolute atomic E-state index is 16.0. The average Bonchev–Trinajstić information content (AvgIpc) is 3.26. The molecule has 4 aliphatic rings. The molecule has 0 aliphatic carbocycles. The van der Waals surface area contributed by atoms with Crippen molar-refractivity contribution in [2.24, 2.45) is 5.41 Å². The summed E-state index contributed by atoms with van der Waals surface area (Å²) >= 11 is 0. The molecule has 1 aromatic heterocycles. The van der Waals surface area contributed by atoms with Crippen LogP contribution in [0.4, 0.5) is 14.9 Å². The number of amides is 5. The summed E-state index contributed by atoms with van der Waals surface area (Å²) in [5.74, 6) is -2.88. The van der Waals surface area contributed by atoms with Crippen LogP contribution < -0.4 is 15.5 Å². The predicted molar refractivity (Wildman–Crippen MR) is 115 cm³/mol. The fourth-order valence-electron chi connectivity index (χ4n) is 5.69. The minimum Gasteiger partial charge on any atom is -0.374 e. The Kier molecular flexibility index (Phi) is 4.83. The summed E-state index contributed by atoms with van der Waals surface area (Å²) in [5, 5.41) is 9.48. The number of aromatic nitrogens is 1. The molecular formula is C22H22FN5O7. The number of hydrogen-bond donors (Lipinski definition) is 2. The van der Waals surface area contributed by atoms with Crippen LogP contribution in [-0.4, -0.2) is 72.4 Å². The zero-order valence-corrected chi connectivity index (χ0v) is 18.8. The van der Waals surface area contributed by atoms with E-state index in [-0.39, 0.29) is 41.9 Å². The van der Waals surface area contributed by atoms with Crippen molar-refractivity contribution in [1.82, 2.24) is 20.9 Å². The minimum absolute atomic E-state index is 0.114. The van der Waals surface area contributed by atoms with E-state index in [2.05, 4.69) is 15.8 Å². The zero-order valence-electron chi connectivity index (χ0n) is 18.8. The number of anilines is 1. The van der Waals surface area contributed by atoms with Crippen LogP contribution in [0, 0.1) is 11.2 Å². The Balaban J connectivity index is 1.52. The summed E-state index contributed by atoms with van der Waals surface area (Å²) in [6.07, 6.45) is 0.737. The van der Waals surface area contributed by atoms with Crippen LogP contribution in [0.5, 0.6) is 0 Å². The number of barbiturate groups is 1. The first-order valence-corrected chi connectivity index (χ1v) is 11.4. The number of morpholine rings is 1. The number of nitrogens with one attached hydrogen (secondary N) is 2. The Labute approximate surface area is 197 Å². The van der Waals surface area contributed by atoms with E-state index >= 15 is 4.39 Å². The summed E-state index contributed by atoms with van der Waals surface area (Å²) in [4.78, 5) is 58.3. The van der Waals surface area contributed by atoms with Gasteiger partial charge in [0.05, 0.1) is 36.4 Å². The third kappa shape index (κ3) is 3.01. The van der Waals surface area contributed by atoms with E-state index in [1.807, 2.05) is 0 Å². The quantitative estimate of drug-likeness (QED) is 0.554. The van der Waals surface area contributed by atoms with E-state index in [0.29, 0.717) is 18.7 Å². The normalized spacial score (nSPS) is 25.8. The largest absolute Gasteiger partial charge is 0.374 e. The van der Waals surface area contributed by atoms with Gasteiger partial charge in [-0.2, -0.15) is 0 Å². The lowest BCUT2D eigenvalue weighted by atomic mass is 9.66. The molecule has 5 amide bonds. The molecule has 2 N–H and O–H groups in total. The number of carbonyl (C=O) groups excluding carboxylic acids is 4. The number of rotatable bonds is 1. The fraction of sp³-hybridized carbons (Fsp3) is 0.500. The Bertz CT molecular complexity index is 1270. The number of benzene rings is 1. The molecule has 13 heteroatoms. The van der Waals surface area contributed by atoms with Gasteiger partial charge < -0.3 is 14.2 Å². The first-order chi connectivity index (χ1) is 16.8. The SMILES string of the molecule is C[C@@H]1OCCN2c3c(cc4c(C(=O)N5CCCCO5)noc4c3F)CC3(C(=O)NC(=O)NC3=O)[C@@H]12. The number of urea groups is 1. The first kappa shape index (κ1) is 21.9. The maximum Gasteiger partial charge on any atom is 0.328 e. The summed E-state index contributed by atoms with van der Waals surface area (Å²) < 4.78 is 27.0. The van der Waals surface area contributed by atoms with Crippen LogP contribution in [0.3, 0.4) is 0 Å². The van der Waals surface area contributed by atoms with Gasteiger partial charge in [0.2, 0.25) is 17.4 Å². The molecule has 35 heavy (non-hydrogen) atoms. The average molecular weight is 487 g/mol. The number of imide groups is 2. The van der Waals surface area contributed by atoms with Crippen molar-refractivity contribution < 1.29 is 37.7 Å². The van der Waals surface area contributed by atoms with Crippen molar-refractivity contribution in [2.75, 3.05) is 31.2 Å². The molecule has 5 heterocycles. The van der Waals surface area contributed by atoms with Crippen LogP contribution >= 0.6 is 0 Å². The van der Waals surface area contributed by atoms with Crippen molar-refractivity contribution >= 4 is 40.4 Å². The number of ether oxygens (including phenoxy) is 1. The minimum atomic E-state index is -1.75. The Hall–Kier alpha value is -3.58. The zero-order chi connectivity index (χ0) is 24.5. The number of hydrogen-bond acceptors (Lipinski definition) is 9. The van der Waals surface area contributed by atoms with E-state index in [9.17, 15) is 19.2 Å². The highest BCUT2D eigenvalue weighted by atomic mass is 19.1. The van der Waals surface area contributed by atoms with Gasteiger partial charge in [-0.05, 0) is 31.4 Å². The van der Waals surface area contributed by atoms with Crippen molar-refractivity contribution in [3.05, 3.63) is 23.1 Å². The van der Waals surface area contributed by atoms with Gasteiger partial charge >= 0.3 is 6.03 Å². The second-order valence-corrected chi connectivity index (χ2v) is 9.15. The summed E-state index contributed by atoms with van der Waals surface area (Å²) in [6.45, 7) is 2.88. The van der Waals surface area contributed by atoms with Gasteiger partial charge in [0.25, 0.3) is 5.91 Å². The third-order valence-corrected chi connectivity index (χ3v) is 7.21. The molecule has 0 radical (unpaired) electrons. The van der Waals surface area contributed by atoms with E-state index < -0.39 is 47.1 Å². The number of fused-ring (bicyclic) bond motifs is 5. The highest BCUT2D eigenvalue weighted by Gasteiger charge is 2.63. The van der Waals surface area contributed by atoms with Gasteiger partial charge in [-0.3, -0.25) is 29.9 Å². The van der Waals surface area contributed by atoms with Crippen molar-refractivity contribution in [3.8, 4) is 0 Å². The first-order valence-electron chi connectivity index (χ1n) is 11.4. The highest BCUT2D eigenvalue weighted by molar-refractivity contribution is 6.20. The molecule has 2 aromatic rings. The number of carbonyl (C=O) groups is 4. The topological polar surface area (TPSA) is 143 Å².